The first-order valence-corrected chi connectivity index (χ1v) is 7.20. The van der Waals surface area contributed by atoms with E-state index < -0.39 is 17.7 Å². The summed E-state index contributed by atoms with van der Waals surface area (Å²) in [6.07, 6.45) is 4.61. The Labute approximate surface area is 138 Å². The number of para-hydroxylation sites is 1. The maximum absolute atomic E-state index is 11.8. The van der Waals surface area contributed by atoms with Gasteiger partial charge in [0.1, 0.15) is 5.75 Å². The van der Waals surface area contributed by atoms with E-state index in [1.54, 1.807) is 30.5 Å². The Morgan fingerprint density at radius 2 is 2.08 bits per heavy atom. The summed E-state index contributed by atoms with van der Waals surface area (Å²) < 4.78 is 4.50. The molecule has 0 amide bonds. The number of nitrogens with zero attached hydrogens (tertiary/aromatic N) is 1. The molecule has 0 aliphatic heterocycles. The van der Waals surface area contributed by atoms with Crippen molar-refractivity contribution in [2.24, 2.45) is 4.99 Å². The lowest BCUT2D eigenvalue weighted by molar-refractivity contribution is -0.145. The molecule has 1 aromatic carbocycles. The standard InChI is InChI=1S/C17H16N2O5/c20-11-24-15-6-5-13(16(22)17(15)23)10-19-8-7-18-9-12-3-1-2-4-14(12)21/h1-6,9-11,15,19,21H,7-8H2/b13-10+,18-9?. The number of ketones is 2. The van der Waals surface area contributed by atoms with E-state index in [0.29, 0.717) is 18.7 Å². The molecule has 0 aromatic heterocycles. The molecule has 1 aliphatic carbocycles. The van der Waals surface area contributed by atoms with E-state index in [0.717, 1.165) is 0 Å². The number of benzene rings is 1. The summed E-state index contributed by atoms with van der Waals surface area (Å²) in [5, 5.41) is 12.5. The molecular weight excluding hydrogens is 312 g/mol. The van der Waals surface area contributed by atoms with E-state index in [9.17, 15) is 19.5 Å². The van der Waals surface area contributed by atoms with Gasteiger partial charge in [0.25, 0.3) is 6.47 Å². The quantitative estimate of drug-likeness (QED) is 0.249. The van der Waals surface area contributed by atoms with Crippen LogP contribution in [0.1, 0.15) is 5.56 Å². The van der Waals surface area contributed by atoms with Gasteiger partial charge >= 0.3 is 0 Å². The average Bonchev–Trinajstić information content (AvgIpc) is 2.58. The van der Waals surface area contributed by atoms with Gasteiger partial charge in [-0.15, -0.1) is 0 Å². The van der Waals surface area contributed by atoms with E-state index >= 15 is 0 Å². The number of carbonyl (C=O) groups excluding carboxylic acids is 3. The zero-order chi connectivity index (χ0) is 17.4. The number of rotatable bonds is 7. The van der Waals surface area contributed by atoms with Gasteiger partial charge in [-0.1, -0.05) is 12.1 Å². The average molecular weight is 328 g/mol. The topological polar surface area (TPSA) is 105 Å². The highest BCUT2D eigenvalue weighted by atomic mass is 16.5. The highest BCUT2D eigenvalue weighted by Crippen LogP contribution is 2.13. The second-order valence-electron chi connectivity index (χ2n) is 4.85. The molecule has 124 valence electrons. The minimum atomic E-state index is -1.14. The third-order valence-electron chi connectivity index (χ3n) is 3.21. The predicted octanol–water partition coefficient (Wildman–Crippen LogP) is 0.534. The van der Waals surface area contributed by atoms with Crippen molar-refractivity contribution in [1.82, 2.24) is 5.32 Å². The molecule has 0 spiro atoms. The van der Waals surface area contributed by atoms with Crippen molar-refractivity contribution in [3.63, 3.8) is 0 Å². The largest absolute Gasteiger partial charge is 0.507 e. The van der Waals surface area contributed by atoms with Crippen molar-refractivity contribution in [1.29, 1.82) is 0 Å². The van der Waals surface area contributed by atoms with E-state index in [4.69, 9.17) is 0 Å². The van der Waals surface area contributed by atoms with Gasteiger partial charge in [0.05, 0.1) is 6.54 Å². The SMILES string of the molecule is O=COC1C=C/C(=C\NCCN=Cc2ccccc2O)C(=O)C1=O. The third-order valence-corrected chi connectivity index (χ3v) is 3.21. The number of phenols is 1. The molecule has 0 fully saturated rings. The van der Waals surface area contributed by atoms with Crippen LogP contribution in [0.25, 0.3) is 0 Å². The highest BCUT2D eigenvalue weighted by Gasteiger charge is 2.30. The molecular formula is C17H16N2O5. The van der Waals surface area contributed by atoms with E-state index in [1.807, 2.05) is 0 Å². The maximum Gasteiger partial charge on any atom is 0.294 e. The van der Waals surface area contributed by atoms with Gasteiger partial charge in [0, 0.05) is 30.1 Å². The number of aliphatic imine (C=N–C) groups is 1. The summed E-state index contributed by atoms with van der Waals surface area (Å²) in [6.45, 7) is 0.994. The zero-order valence-corrected chi connectivity index (χ0v) is 12.7. The lowest BCUT2D eigenvalue weighted by Crippen LogP contribution is -2.33. The van der Waals surface area contributed by atoms with Crippen molar-refractivity contribution < 1.29 is 24.2 Å². The van der Waals surface area contributed by atoms with Gasteiger partial charge in [0.2, 0.25) is 11.6 Å². The van der Waals surface area contributed by atoms with Crippen molar-refractivity contribution in [3.05, 3.63) is 53.8 Å². The molecule has 7 nitrogen and oxygen atoms in total. The Kier molecular flexibility index (Phi) is 6.01. The third kappa shape index (κ3) is 4.39. The zero-order valence-electron chi connectivity index (χ0n) is 12.7. The van der Waals surface area contributed by atoms with Crippen LogP contribution in [0.2, 0.25) is 0 Å². The molecule has 0 saturated heterocycles. The van der Waals surface area contributed by atoms with Crippen LogP contribution in [0.5, 0.6) is 5.75 Å². The lowest BCUT2D eigenvalue weighted by atomic mass is 9.98. The summed E-state index contributed by atoms with van der Waals surface area (Å²) in [7, 11) is 0. The summed E-state index contributed by atoms with van der Waals surface area (Å²) in [6, 6.07) is 6.83. The number of hydrogen-bond acceptors (Lipinski definition) is 7. The predicted molar refractivity (Wildman–Crippen MR) is 86.7 cm³/mol. The van der Waals surface area contributed by atoms with Crippen molar-refractivity contribution in [2.45, 2.75) is 6.10 Å². The monoisotopic (exact) mass is 328 g/mol. The Morgan fingerprint density at radius 1 is 1.29 bits per heavy atom. The molecule has 0 bridgehead atoms. The molecule has 1 unspecified atom stereocenters. The van der Waals surface area contributed by atoms with Crippen LogP contribution in [-0.2, 0) is 19.1 Å². The van der Waals surface area contributed by atoms with Gasteiger partial charge in [0.15, 0.2) is 6.10 Å². The first kappa shape index (κ1) is 17.1. The minimum Gasteiger partial charge on any atom is -0.507 e. The van der Waals surface area contributed by atoms with Crippen LogP contribution in [0.3, 0.4) is 0 Å². The molecule has 2 N–H and O–H groups in total. The van der Waals surface area contributed by atoms with Gasteiger partial charge < -0.3 is 15.2 Å². The van der Waals surface area contributed by atoms with E-state index in [2.05, 4.69) is 15.0 Å². The number of nitrogens with one attached hydrogen (secondary N) is 1. The fourth-order valence-electron chi connectivity index (χ4n) is 1.98. The van der Waals surface area contributed by atoms with Crippen LogP contribution in [0.15, 0.2) is 53.2 Å². The molecule has 0 heterocycles. The number of phenolic OH excluding ortho intramolecular Hbond substituents is 1. The van der Waals surface area contributed by atoms with Crippen LogP contribution >= 0.6 is 0 Å². The second-order valence-corrected chi connectivity index (χ2v) is 4.85. The smallest absolute Gasteiger partial charge is 0.294 e. The Hall–Kier alpha value is -3.22. The van der Waals surface area contributed by atoms with Gasteiger partial charge in [-0.3, -0.25) is 19.4 Å². The minimum absolute atomic E-state index is 0.135. The molecule has 1 atom stereocenters. The van der Waals surface area contributed by atoms with E-state index in [1.165, 1.54) is 18.4 Å². The van der Waals surface area contributed by atoms with Crippen LogP contribution in [0, 0.1) is 0 Å². The number of ether oxygens (including phenoxy) is 1. The molecule has 1 aliphatic rings. The molecule has 0 radical (unpaired) electrons. The molecule has 24 heavy (non-hydrogen) atoms. The first-order chi connectivity index (χ1) is 11.6. The summed E-state index contributed by atoms with van der Waals surface area (Å²) in [5.74, 6) is -1.34. The van der Waals surface area contributed by atoms with Gasteiger partial charge in [-0.25, -0.2) is 0 Å². The lowest BCUT2D eigenvalue weighted by Gasteiger charge is -2.14. The number of Topliss-reactive ketones (excluding diaryl/α,β-unsaturated/α-hetero) is 2. The Morgan fingerprint density at radius 3 is 2.83 bits per heavy atom. The second kappa shape index (κ2) is 8.42. The summed E-state index contributed by atoms with van der Waals surface area (Å²) >= 11 is 0. The normalized spacial score (nSPS) is 19.0. The number of allylic oxidation sites excluding steroid dienone is 2. The Bertz CT molecular complexity index is 721. The molecule has 7 heteroatoms. The summed E-state index contributed by atoms with van der Waals surface area (Å²) in [5.41, 5.74) is 0.809. The molecule has 1 aromatic rings. The number of carbonyl (C=O) groups is 3. The van der Waals surface area contributed by atoms with Crippen molar-refractivity contribution in [2.75, 3.05) is 13.1 Å². The number of aromatic hydroxyl groups is 1. The summed E-state index contributed by atoms with van der Waals surface area (Å²) in [4.78, 5) is 37.8. The highest BCUT2D eigenvalue weighted by molar-refractivity contribution is 6.47. The van der Waals surface area contributed by atoms with Crippen LogP contribution in [-0.4, -0.2) is 48.6 Å². The van der Waals surface area contributed by atoms with Crippen molar-refractivity contribution in [3.8, 4) is 5.75 Å². The fourth-order valence-corrected chi connectivity index (χ4v) is 1.98. The Balaban J connectivity index is 1.83. The number of hydrogen-bond donors (Lipinski definition) is 2. The van der Waals surface area contributed by atoms with Crippen molar-refractivity contribution >= 4 is 24.3 Å². The van der Waals surface area contributed by atoms with Crippen LogP contribution < -0.4 is 5.32 Å². The first-order valence-electron chi connectivity index (χ1n) is 7.20. The fraction of sp³-hybridized carbons (Fsp3) is 0.176. The molecule has 2 rings (SSSR count). The van der Waals surface area contributed by atoms with Gasteiger partial charge in [-0.2, -0.15) is 0 Å². The van der Waals surface area contributed by atoms with Crippen LogP contribution in [0.4, 0.5) is 0 Å². The maximum atomic E-state index is 11.8. The van der Waals surface area contributed by atoms with E-state index in [-0.39, 0.29) is 17.8 Å². The van der Waals surface area contributed by atoms with Gasteiger partial charge in [-0.05, 0) is 24.3 Å². The molecule has 0 saturated carbocycles.